The Labute approximate surface area is 199 Å². The van der Waals surface area contributed by atoms with Crippen LogP contribution < -0.4 is 10.2 Å². The molecule has 2 saturated heterocycles. The summed E-state index contributed by atoms with van der Waals surface area (Å²) in [6, 6.07) is 6.48. The van der Waals surface area contributed by atoms with Gasteiger partial charge in [0.2, 0.25) is 0 Å². The highest BCUT2D eigenvalue weighted by atomic mass is 32.1. The number of ether oxygens (including phenoxy) is 1. The van der Waals surface area contributed by atoms with Gasteiger partial charge in [-0.1, -0.05) is 6.07 Å². The predicted octanol–water partition coefficient (Wildman–Crippen LogP) is 4.91. The molecule has 2 aromatic heterocycles. The quantitative estimate of drug-likeness (QED) is 0.563. The molecule has 2 fully saturated rings. The van der Waals surface area contributed by atoms with Gasteiger partial charge in [-0.05, 0) is 60.7 Å². The lowest BCUT2D eigenvalue weighted by molar-refractivity contribution is -0.137. The lowest BCUT2D eigenvalue weighted by Gasteiger charge is -2.46. The van der Waals surface area contributed by atoms with Gasteiger partial charge in [-0.2, -0.15) is 13.2 Å². The highest BCUT2D eigenvalue weighted by Gasteiger charge is 2.39. The van der Waals surface area contributed by atoms with Crippen LogP contribution in [0.25, 0.3) is 10.2 Å². The number of fused-ring (bicyclic) bond motifs is 1. The molecular formula is C24H25F3N4O2S. The second kappa shape index (κ2) is 9.14. The third-order valence-electron chi connectivity index (χ3n) is 6.91. The molecule has 10 heteroatoms. The number of aromatic nitrogens is 2. The molecule has 0 aliphatic carbocycles. The molecule has 6 nitrogen and oxygen atoms in total. The van der Waals surface area contributed by atoms with Crippen LogP contribution in [0.3, 0.4) is 0 Å². The molecule has 0 saturated carbocycles. The van der Waals surface area contributed by atoms with E-state index in [-0.39, 0.29) is 23.6 Å². The van der Waals surface area contributed by atoms with Crippen LogP contribution in [0.4, 0.5) is 19.0 Å². The number of benzene rings is 1. The number of rotatable bonds is 4. The maximum Gasteiger partial charge on any atom is 0.416 e. The second-order valence-corrected chi connectivity index (χ2v) is 10.00. The molecule has 1 aromatic carbocycles. The van der Waals surface area contributed by atoms with E-state index in [2.05, 4.69) is 20.2 Å². The van der Waals surface area contributed by atoms with Crippen molar-refractivity contribution in [2.45, 2.75) is 38.0 Å². The Kier molecular flexibility index (Phi) is 6.20. The van der Waals surface area contributed by atoms with E-state index in [1.807, 2.05) is 11.4 Å². The van der Waals surface area contributed by atoms with E-state index >= 15 is 0 Å². The SMILES string of the molecule is O=C(NCC1CCC2(CCN(c3ncnc4ccsc34)CC2)CO1)c1cccc(C(F)(F)F)c1. The third-order valence-corrected chi connectivity index (χ3v) is 7.81. The molecule has 2 aliphatic rings. The van der Waals surface area contributed by atoms with Gasteiger partial charge >= 0.3 is 6.18 Å². The largest absolute Gasteiger partial charge is 0.416 e. The molecular weight excluding hydrogens is 465 g/mol. The van der Waals surface area contributed by atoms with Crippen LogP contribution in [0.5, 0.6) is 0 Å². The lowest BCUT2D eigenvalue weighted by atomic mass is 9.73. The van der Waals surface area contributed by atoms with Gasteiger partial charge in [-0.3, -0.25) is 4.79 Å². The highest BCUT2D eigenvalue weighted by Crippen LogP contribution is 2.42. The Bertz CT molecular complexity index is 1160. The predicted molar refractivity (Wildman–Crippen MR) is 124 cm³/mol. The van der Waals surface area contributed by atoms with Crippen LogP contribution >= 0.6 is 11.3 Å². The first-order chi connectivity index (χ1) is 16.3. The molecule has 1 atom stereocenters. The molecule has 34 heavy (non-hydrogen) atoms. The molecule has 1 N–H and O–H groups in total. The Balaban J connectivity index is 1.12. The summed E-state index contributed by atoms with van der Waals surface area (Å²) in [6.45, 7) is 2.73. The van der Waals surface area contributed by atoms with Crippen molar-refractivity contribution in [2.75, 3.05) is 31.1 Å². The number of thiophene rings is 1. The van der Waals surface area contributed by atoms with E-state index in [1.165, 1.54) is 12.1 Å². The fourth-order valence-electron chi connectivity index (χ4n) is 4.81. The number of nitrogens with zero attached hydrogens (tertiary/aromatic N) is 3. The monoisotopic (exact) mass is 490 g/mol. The van der Waals surface area contributed by atoms with E-state index in [0.717, 1.165) is 66.9 Å². The van der Waals surface area contributed by atoms with Crippen molar-refractivity contribution in [2.24, 2.45) is 5.41 Å². The van der Waals surface area contributed by atoms with Crippen LogP contribution in [0.2, 0.25) is 0 Å². The van der Waals surface area contributed by atoms with E-state index in [4.69, 9.17) is 4.74 Å². The van der Waals surface area contributed by atoms with Gasteiger partial charge in [-0.25, -0.2) is 9.97 Å². The number of alkyl halides is 3. The molecule has 1 unspecified atom stereocenters. The summed E-state index contributed by atoms with van der Waals surface area (Å²) in [5.74, 6) is 0.481. The van der Waals surface area contributed by atoms with Crippen LogP contribution in [-0.4, -0.2) is 48.2 Å². The van der Waals surface area contributed by atoms with Crippen molar-refractivity contribution < 1.29 is 22.7 Å². The Morgan fingerprint density at radius 2 is 2.03 bits per heavy atom. The summed E-state index contributed by atoms with van der Waals surface area (Å²) < 4.78 is 45.9. The van der Waals surface area contributed by atoms with Crippen molar-refractivity contribution >= 4 is 33.3 Å². The van der Waals surface area contributed by atoms with Crippen molar-refractivity contribution in [3.63, 3.8) is 0 Å². The van der Waals surface area contributed by atoms with Gasteiger partial charge < -0.3 is 15.0 Å². The van der Waals surface area contributed by atoms with Crippen molar-refractivity contribution in [3.8, 4) is 0 Å². The highest BCUT2D eigenvalue weighted by molar-refractivity contribution is 7.17. The maximum absolute atomic E-state index is 12.9. The summed E-state index contributed by atoms with van der Waals surface area (Å²) in [5, 5.41) is 4.77. The van der Waals surface area contributed by atoms with Gasteiger partial charge in [0.15, 0.2) is 0 Å². The van der Waals surface area contributed by atoms with Gasteiger partial charge in [0.05, 0.1) is 28.5 Å². The summed E-state index contributed by atoms with van der Waals surface area (Å²) >= 11 is 1.66. The maximum atomic E-state index is 12.9. The molecule has 5 rings (SSSR count). The first-order valence-corrected chi connectivity index (χ1v) is 12.2. The van der Waals surface area contributed by atoms with Gasteiger partial charge in [-0.15, -0.1) is 11.3 Å². The summed E-state index contributed by atoms with van der Waals surface area (Å²) in [6.07, 6.45) is 0.841. The molecule has 0 bridgehead atoms. The minimum absolute atomic E-state index is 0.000883. The Hall–Kier alpha value is -2.72. The molecule has 2 aliphatic heterocycles. The second-order valence-electron chi connectivity index (χ2n) is 9.08. The zero-order valence-electron chi connectivity index (χ0n) is 18.5. The standard InChI is InChI=1S/C24H25F3N4O2S/c25-24(26,27)17-3-1-2-16(12-17)22(32)28-13-18-4-6-23(14-33-18)7-9-31(10-8-23)21-20-19(5-11-34-20)29-15-30-21/h1-3,5,11-12,15,18H,4,6-10,13-14H2,(H,28,32). The van der Waals surface area contributed by atoms with E-state index in [0.29, 0.717) is 6.61 Å². The first kappa shape index (κ1) is 23.0. The number of hydrogen-bond acceptors (Lipinski definition) is 6. The van der Waals surface area contributed by atoms with Crippen LogP contribution in [0.15, 0.2) is 42.0 Å². The van der Waals surface area contributed by atoms with Crippen LogP contribution in [-0.2, 0) is 10.9 Å². The molecule has 0 radical (unpaired) electrons. The Morgan fingerprint density at radius 3 is 2.76 bits per heavy atom. The number of carbonyl (C=O) groups is 1. The molecule has 1 amide bonds. The number of anilines is 1. The molecule has 1 spiro atoms. The van der Waals surface area contributed by atoms with Crippen molar-refractivity contribution in [1.29, 1.82) is 0 Å². The number of halogens is 3. The number of amides is 1. The number of piperidine rings is 1. The fourth-order valence-corrected chi connectivity index (χ4v) is 5.67. The zero-order chi connectivity index (χ0) is 23.8. The summed E-state index contributed by atoms with van der Waals surface area (Å²) in [4.78, 5) is 23.5. The van der Waals surface area contributed by atoms with Crippen LogP contribution in [0.1, 0.15) is 41.6 Å². The van der Waals surface area contributed by atoms with Crippen LogP contribution in [0, 0.1) is 5.41 Å². The average molecular weight is 491 g/mol. The third kappa shape index (κ3) is 4.74. The smallest absolute Gasteiger partial charge is 0.376 e. The normalized spacial score (nSPS) is 20.6. The average Bonchev–Trinajstić information content (AvgIpc) is 3.33. The van der Waals surface area contributed by atoms with Crippen molar-refractivity contribution in [3.05, 3.63) is 53.2 Å². The van der Waals surface area contributed by atoms with Gasteiger partial charge in [0.1, 0.15) is 12.1 Å². The number of carbonyl (C=O) groups excluding carboxylic acids is 1. The first-order valence-electron chi connectivity index (χ1n) is 11.3. The molecule has 3 aromatic rings. The van der Waals surface area contributed by atoms with Gasteiger partial charge in [0, 0.05) is 25.2 Å². The van der Waals surface area contributed by atoms with Crippen molar-refractivity contribution in [1.82, 2.24) is 15.3 Å². The number of hydrogen-bond donors (Lipinski definition) is 1. The number of nitrogens with one attached hydrogen (secondary N) is 1. The van der Waals surface area contributed by atoms with E-state index < -0.39 is 17.6 Å². The molecule has 180 valence electrons. The van der Waals surface area contributed by atoms with E-state index in [1.54, 1.807) is 17.7 Å². The minimum Gasteiger partial charge on any atom is -0.376 e. The van der Waals surface area contributed by atoms with Gasteiger partial charge in [0.25, 0.3) is 5.91 Å². The summed E-state index contributed by atoms with van der Waals surface area (Å²) in [5.41, 5.74) is 0.272. The molecule has 4 heterocycles. The minimum atomic E-state index is -4.48. The lowest BCUT2D eigenvalue weighted by Crippen LogP contribution is -2.47. The Morgan fingerprint density at radius 1 is 1.21 bits per heavy atom. The topological polar surface area (TPSA) is 67.4 Å². The summed E-state index contributed by atoms with van der Waals surface area (Å²) in [7, 11) is 0. The fraction of sp³-hybridized carbons (Fsp3) is 0.458. The van der Waals surface area contributed by atoms with E-state index in [9.17, 15) is 18.0 Å². The zero-order valence-corrected chi connectivity index (χ0v) is 19.3.